The first-order valence-electron chi connectivity index (χ1n) is 9.44. The molecular weight excluding hydrogens is 374 g/mol. The molecule has 1 fully saturated rings. The zero-order chi connectivity index (χ0) is 21.0. The first-order chi connectivity index (χ1) is 13.8. The minimum atomic E-state index is -1.96. The number of ether oxygens (including phenoxy) is 1. The Labute approximate surface area is 167 Å². The van der Waals surface area contributed by atoms with Gasteiger partial charge in [-0.2, -0.15) is 0 Å². The van der Waals surface area contributed by atoms with Gasteiger partial charge >= 0.3 is 0 Å². The number of nitrogens with zero attached hydrogens (tertiary/aromatic N) is 1. The van der Waals surface area contributed by atoms with Gasteiger partial charge in [-0.15, -0.1) is 0 Å². The maximum absolute atomic E-state index is 13.7. The zero-order valence-corrected chi connectivity index (χ0v) is 16.1. The second-order valence-corrected chi connectivity index (χ2v) is 7.93. The van der Waals surface area contributed by atoms with Crippen LogP contribution in [0.2, 0.25) is 0 Å². The molecule has 2 aromatic carbocycles. The summed E-state index contributed by atoms with van der Waals surface area (Å²) in [5.41, 5.74) is -2.86. The number of carbonyl (C=O) groups excluding carboxylic acids is 2. The highest BCUT2D eigenvalue weighted by molar-refractivity contribution is 6.31. The number of carbonyl (C=O) groups is 2. The van der Waals surface area contributed by atoms with Crippen LogP contribution in [0, 0.1) is 15.5 Å². The molecule has 0 unspecified atom stereocenters. The Morgan fingerprint density at radius 3 is 2.28 bits per heavy atom. The normalized spacial score (nSPS) is 27.7. The number of Topliss-reactive ketones (excluding diaryl/α,β-unsaturated/α-hetero) is 2. The molecule has 4 rings (SSSR count). The van der Waals surface area contributed by atoms with Gasteiger partial charge in [-0.05, 0) is 31.0 Å². The average molecular weight is 395 g/mol. The van der Waals surface area contributed by atoms with Crippen LogP contribution in [0.4, 0.5) is 0 Å². The van der Waals surface area contributed by atoms with Gasteiger partial charge in [0.15, 0.2) is 11.6 Å². The summed E-state index contributed by atoms with van der Waals surface area (Å²) >= 11 is 0. The van der Waals surface area contributed by atoms with E-state index in [0.717, 1.165) is 0 Å². The summed E-state index contributed by atoms with van der Waals surface area (Å²) in [6.07, 6.45) is 0.0329. The Morgan fingerprint density at radius 2 is 1.72 bits per heavy atom. The van der Waals surface area contributed by atoms with Crippen molar-refractivity contribution < 1.29 is 24.4 Å². The van der Waals surface area contributed by atoms with E-state index < -0.39 is 39.5 Å². The molecule has 150 valence electrons. The largest absolute Gasteiger partial charge is 0.497 e. The fourth-order valence-corrected chi connectivity index (χ4v) is 5.13. The molecule has 29 heavy (non-hydrogen) atoms. The number of aliphatic hydroxyl groups is 1. The molecule has 2 aliphatic carbocycles. The van der Waals surface area contributed by atoms with Gasteiger partial charge in [-0.25, -0.2) is 0 Å². The van der Waals surface area contributed by atoms with E-state index in [1.807, 2.05) is 0 Å². The topological polar surface area (TPSA) is 107 Å². The van der Waals surface area contributed by atoms with Crippen LogP contribution >= 0.6 is 0 Å². The molecular formula is C22H21NO6. The standard InChI is InChI=1S/C22H21NO6/c1-21(26)11-10-17(23(27)28)18(13-6-5-7-14(12-13)29-2)22(21)19(24)15-8-3-4-9-16(15)20(22)25/h3-9,12,17-18,26H,10-11H2,1-2H3/t17-,18+,21+/m1/s1. The number of fused-ring (bicyclic) bond motifs is 1. The fourth-order valence-electron chi connectivity index (χ4n) is 5.13. The molecule has 0 heterocycles. The molecule has 0 bridgehead atoms. The van der Waals surface area contributed by atoms with E-state index in [9.17, 15) is 24.8 Å². The van der Waals surface area contributed by atoms with Crippen molar-refractivity contribution in [3.8, 4) is 5.75 Å². The molecule has 3 atom stereocenters. The van der Waals surface area contributed by atoms with E-state index >= 15 is 0 Å². The predicted octanol–water partition coefficient (Wildman–Crippen LogP) is 3.03. The Hall–Kier alpha value is -3.06. The number of ketones is 2. The lowest BCUT2D eigenvalue weighted by atomic mass is 9.52. The monoisotopic (exact) mass is 395 g/mol. The number of methoxy groups -OCH3 is 1. The van der Waals surface area contributed by atoms with Crippen molar-refractivity contribution in [1.29, 1.82) is 0 Å². The highest BCUT2D eigenvalue weighted by Gasteiger charge is 2.72. The maximum Gasteiger partial charge on any atom is 0.221 e. The van der Waals surface area contributed by atoms with E-state index in [1.54, 1.807) is 48.5 Å². The van der Waals surface area contributed by atoms with Crippen molar-refractivity contribution in [2.45, 2.75) is 37.3 Å². The lowest BCUT2D eigenvalue weighted by Gasteiger charge is -2.49. The van der Waals surface area contributed by atoms with Gasteiger partial charge in [0.2, 0.25) is 6.04 Å². The highest BCUT2D eigenvalue weighted by atomic mass is 16.6. The SMILES string of the molecule is COc1cccc([C@H]2[C@H]([N+](=O)[O-])CC[C@](C)(O)C23C(=O)c2ccccc2C3=O)c1. The third kappa shape index (κ3) is 2.47. The molecule has 2 aliphatic rings. The zero-order valence-electron chi connectivity index (χ0n) is 16.1. The van der Waals surface area contributed by atoms with Gasteiger partial charge in [0.05, 0.1) is 18.6 Å². The van der Waals surface area contributed by atoms with Crippen LogP contribution in [0.15, 0.2) is 48.5 Å². The predicted molar refractivity (Wildman–Crippen MR) is 104 cm³/mol. The van der Waals surface area contributed by atoms with E-state index in [4.69, 9.17) is 4.74 Å². The molecule has 0 aliphatic heterocycles. The van der Waals surface area contributed by atoms with Gasteiger partial charge in [-0.1, -0.05) is 36.4 Å². The summed E-state index contributed by atoms with van der Waals surface area (Å²) < 4.78 is 5.26. The van der Waals surface area contributed by atoms with Gasteiger partial charge < -0.3 is 9.84 Å². The van der Waals surface area contributed by atoms with Crippen LogP contribution < -0.4 is 4.74 Å². The molecule has 0 saturated heterocycles. The number of rotatable bonds is 3. The Bertz CT molecular complexity index is 992. The van der Waals surface area contributed by atoms with Crippen molar-refractivity contribution >= 4 is 11.6 Å². The average Bonchev–Trinajstić information content (AvgIpc) is 2.93. The third-order valence-corrected chi connectivity index (χ3v) is 6.48. The Morgan fingerprint density at radius 1 is 1.10 bits per heavy atom. The third-order valence-electron chi connectivity index (χ3n) is 6.48. The first-order valence-corrected chi connectivity index (χ1v) is 9.44. The molecule has 7 nitrogen and oxygen atoms in total. The Balaban J connectivity index is 2.03. The van der Waals surface area contributed by atoms with E-state index in [0.29, 0.717) is 11.3 Å². The quantitative estimate of drug-likeness (QED) is 0.486. The van der Waals surface area contributed by atoms with Crippen LogP contribution in [-0.2, 0) is 0 Å². The molecule has 1 spiro atoms. The minimum absolute atomic E-state index is 0.0232. The minimum Gasteiger partial charge on any atom is -0.497 e. The van der Waals surface area contributed by atoms with Gasteiger partial charge in [0.1, 0.15) is 11.2 Å². The highest BCUT2D eigenvalue weighted by Crippen LogP contribution is 2.59. The van der Waals surface area contributed by atoms with Crippen molar-refractivity contribution in [1.82, 2.24) is 0 Å². The van der Waals surface area contributed by atoms with Crippen molar-refractivity contribution in [3.05, 3.63) is 75.3 Å². The summed E-state index contributed by atoms with van der Waals surface area (Å²) in [7, 11) is 1.47. The lowest BCUT2D eigenvalue weighted by Crippen LogP contribution is -2.63. The summed E-state index contributed by atoms with van der Waals surface area (Å²) in [5.74, 6) is -1.77. The molecule has 2 aromatic rings. The fraction of sp³-hybridized carbons (Fsp3) is 0.364. The number of nitro groups is 1. The summed E-state index contributed by atoms with van der Waals surface area (Å²) in [4.78, 5) is 38.9. The molecule has 0 aromatic heterocycles. The first kappa shape index (κ1) is 19.3. The van der Waals surface area contributed by atoms with Crippen LogP contribution in [0.1, 0.15) is 52.0 Å². The molecule has 7 heteroatoms. The summed E-state index contributed by atoms with van der Waals surface area (Å²) in [6.45, 7) is 1.44. The molecule has 0 radical (unpaired) electrons. The van der Waals surface area contributed by atoms with Crippen LogP contribution in [-0.4, -0.2) is 40.3 Å². The van der Waals surface area contributed by atoms with E-state index in [1.165, 1.54) is 14.0 Å². The van der Waals surface area contributed by atoms with Crippen molar-refractivity contribution in [3.63, 3.8) is 0 Å². The number of hydrogen-bond acceptors (Lipinski definition) is 6. The molecule has 1 N–H and O–H groups in total. The summed E-state index contributed by atoms with van der Waals surface area (Å²) in [6, 6.07) is 11.8. The number of hydrogen-bond donors (Lipinski definition) is 1. The second kappa shape index (κ2) is 6.49. The van der Waals surface area contributed by atoms with Gasteiger partial charge in [0.25, 0.3) is 0 Å². The lowest BCUT2D eigenvalue weighted by molar-refractivity contribution is -0.535. The smallest absolute Gasteiger partial charge is 0.221 e. The van der Waals surface area contributed by atoms with Crippen molar-refractivity contribution in [2.75, 3.05) is 7.11 Å². The molecule has 0 amide bonds. The van der Waals surface area contributed by atoms with Gasteiger partial charge in [-0.3, -0.25) is 19.7 Å². The van der Waals surface area contributed by atoms with Crippen molar-refractivity contribution in [2.24, 2.45) is 5.41 Å². The summed E-state index contributed by atoms with van der Waals surface area (Å²) in [5, 5.41) is 23.4. The van der Waals surface area contributed by atoms with Crippen LogP contribution in [0.3, 0.4) is 0 Å². The molecule has 1 saturated carbocycles. The maximum atomic E-state index is 13.7. The second-order valence-electron chi connectivity index (χ2n) is 7.93. The van der Waals surface area contributed by atoms with E-state index in [-0.39, 0.29) is 24.0 Å². The van der Waals surface area contributed by atoms with Gasteiger partial charge in [0, 0.05) is 22.5 Å². The van der Waals surface area contributed by atoms with Crippen LogP contribution in [0.25, 0.3) is 0 Å². The van der Waals surface area contributed by atoms with Crippen LogP contribution in [0.5, 0.6) is 5.75 Å². The Kier molecular flexibility index (Phi) is 4.31. The number of benzene rings is 2. The van der Waals surface area contributed by atoms with E-state index in [2.05, 4.69) is 0 Å².